The number of aliphatic hydroxyl groups excluding tert-OH is 1. The van der Waals surface area contributed by atoms with Crippen molar-refractivity contribution in [1.29, 1.82) is 0 Å². The number of hydrogen-bond donors (Lipinski definition) is 1. The SMILES string of the molecule is COCCN1C(=O)C(=O)C(=C(O)c2ccc(S(=O)(=O)N(C)C)cc2)[C@@H]1c1ccc(Cl)cc1. The number of carbonyl (C=O) groups excluding carboxylic acids is 2. The van der Waals surface area contributed by atoms with Crippen LogP contribution in [0.1, 0.15) is 17.2 Å². The van der Waals surface area contributed by atoms with Gasteiger partial charge in [-0.25, -0.2) is 12.7 Å². The Balaban J connectivity index is 2.11. The summed E-state index contributed by atoms with van der Waals surface area (Å²) in [5, 5.41) is 11.5. The summed E-state index contributed by atoms with van der Waals surface area (Å²) in [4.78, 5) is 27.0. The summed E-state index contributed by atoms with van der Waals surface area (Å²) in [6, 6.07) is 11.2. The third kappa shape index (κ3) is 4.42. The maximum absolute atomic E-state index is 12.9. The maximum atomic E-state index is 12.9. The number of likely N-dealkylation sites (tertiary alicyclic amines) is 1. The molecule has 0 bridgehead atoms. The number of nitrogens with zero attached hydrogens (tertiary/aromatic N) is 2. The molecule has 1 N–H and O–H groups in total. The molecule has 1 fully saturated rings. The van der Waals surface area contributed by atoms with Gasteiger partial charge in [-0.15, -0.1) is 0 Å². The number of amides is 1. The summed E-state index contributed by atoms with van der Waals surface area (Å²) in [5.41, 5.74) is 0.723. The Hall–Kier alpha value is -2.72. The zero-order valence-electron chi connectivity index (χ0n) is 17.8. The molecular formula is C22H23ClN2O6S. The number of ketones is 1. The van der Waals surface area contributed by atoms with Gasteiger partial charge in [0.2, 0.25) is 10.0 Å². The lowest BCUT2D eigenvalue weighted by atomic mass is 9.95. The van der Waals surface area contributed by atoms with Crippen molar-refractivity contribution >= 4 is 39.1 Å². The molecule has 1 saturated heterocycles. The first-order chi connectivity index (χ1) is 15.1. The number of carbonyl (C=O) groups is 2. The van der Waals surface area contributed by atoms with Gasteiger partial charge in [0.05, 0.1) is 23.1 Å². The minimum atomic E-state index is -3.65. The lowest BCUT2D eigenvalue weighted by Gasteiger charge is -2.25. The Morgan fingerprint density at radius 2 is 1.69 bits per heavy atom. The van der Waals surface area contributed by atoms with Crippen molar-refractivity contribution in [3.8, 4) is 0 Å². The molecule has 2 aromatic carbocycles. The highest BCUT2D eigenvalue weighted by Gasteiger charge is 2.45. The molecule has 32 heavy (non-hydrogen) atoms. The molecule has 2 aromatic rings. The molecule has 3 rings (SSSR count). The van der Waals surface area contributed by atoms with Crippen molar-refractivity contribution in [1.82, 2.24) is 9.21 Å². The van der Waals surface area contributed by atoms with E-state index in [1.54, 1.807) is 24.3 Å². The third-order valence-electron chi connectivity index (χ3n) is 5.17. The largest absolute Gasteiger partial charge is 0.507 e. The lowest BCUT2D eigenvalue weighted by molar-refractivity contribution is -0.140. The van der Waals surface area contributed by atoms with Gasteiger partial charge in [0.1, 0.15) is 5.76 Å². The van der Waals surface area contributed by atoms with E-state index in [4.69, 9.17) is 16.3 Å². The lowest BCUT2D eigenvalue weighted by Crippen LogP contribution is -2.32. The number of aliphatic hydroxyl groups is 1. The van der Waals surface area contributed by atoms with E-state index in [1.807, 2.05) is 0 Å². The molecule has 0 aromatic heterocycles. The van der Waals surface area contributed by atoms with Gasteiger partial charge in [0.15, 0.2) is 0 Å². The molecule has 10 heteroatoms. The fourth-order valence-electron chi connectivity index (χ4n) is 3.44. The summed E-state index contributed by atoms with van der Waals surface area (Å²) in [6.45, 7) is 0.347. The molecule has 1 atom stereocenters. The number of halogens is 1. The number of methoxy groups -OCH3 is 1. The van der Waals surface area contributed by atoms with Gasteiger partial charge in [-0.1, -0.05) is 23.7 Å². The normalized spacial score (nSPS) is 18.5. The van der Waals surface area contributed by atoms with Crippen LogP contribution in [-0.4, -0.2) is 68.8 Å². The minimum absolute atomic E-state index is 0.0360. The van der Waals surface area contributed by atoms with Crippen LogP contribution >= 0.6 is 11.6 Å². The van der Waals surface area contributed by atoms with Crippen LogP contribution < -0.4 is 0 Å². The van der Waals surface area contributed by atoms with Crippen LogP contribution in [0.15, 0.2) is 59.0 Å². The second-order valence-corrected chi connectivity index (χ2v) is 9.94. The first-order valence-corrected chi connectivity index (χ1v) is 11.5. The smallest absolute Gasteiger partial charge is 0.295 e. The highest BCUT2D eigenvalue weighted by atomic mass is 35.5. The molecule has 1 aliphatic heterocycles. The summed E-state index contributed by atoms with van der Waals surface area (Å²) in [7, 11) is 0.656. The molecule has 0 saturated carbocycles. The van der Waals surface area contributed by atoms with Crippen LogP contribution in [0.25, 0.3) is 5.76 Å². The van der Waals surface area contributed by atoms with Crippen LogP contribution in [0.3, 0.4) is 0 Å². The summed E-state index contributed by atoms with van der Waals surface area (Å²) < 4.78 is 30.7. The number of sulfonamides is 1. The van der Waals surface area contributed by atoms with Crippen molar-refractivity contribution < 1.29 is 27.9 Å². The zero-order valence-corrected chi connectivity index (χ0v) is 19.4. The number of ether oxygens (including phenoxy) is 1. The average Bonchev–Trinajstić information content (AvgIpc) is 3.02. The zero-order chi connectivity index (χ0) is 23.6. The molecule has 1 aliphatic rings. The Morgan fingerprint density at radius 1 is 1.09 bits per heavy atom. The summed E-state index contributed by atoms with van der Waals surface area (Å²) >= 11 is 5.98. The van der Waals surface area contributed by atoms with Crippen LogP contribution in [0.5, 0.6) is 0 Å². The number of rotatable bonds is 7. The van der Waals surface area contributed by atoms with E-state index < -0.39 is 33.5 Å². The van der Waals surface area contributed by atoms with E-state index in [2.05, 4.69) is 0 Å². The van der Waals surface area contributed by atoms with Gasteiger partial charge in [-0.3, -0.25) is 9.59 Å². The molecule has 0 unspecified atom stereocenters. The van der Waals surface area contributed by atoms with Gasteiger partial charge in [0.25, 0.3) is 11.7 Å². The Labute approximate surface area is 191 Å². The number of benzene rings is 2. The predicted molar refractivity (Wildman–Crippen MR) is 120 cm³/mol. The van der Waals surface area contributed by atoms with Gasteiger partial charge >= 0.3 is 0 Å². The second kappa shape index (κ2) is 9.41. The molecule has 8 nitrogen and oxygen atoms in total. The molecule has 1 heterocycles. The predicted octanol–water partition coefficient (Wildman–Crippen LogP) is 2.66. The van der Waals surface area contributed by atoms with Gasteiger partial charge in [-0.2, -0.15) is 0 Å². The highest BCUT2D eigenvalue weighted by Crippen LogP contribution is 2.39. The Kier molecular flexibility index (Phi) is 7.04. The Morgan fingerprint density at radius 3 is 2.22 bits per heavy atom. The van der Waals surface area contributed by atoms with Crippen molar-refractivity contribution in [2.45, 2.75) is 10.9 Å². The topological polar surface area (TPSA) is 104 Å². The van der Waals surface area contributed by atoms with Gasteiger partial charge in [-0.05, 0) is 42.0 Å². The molecular weight excluding hydrogens is 456 g/mol. The van der Waals surface area contributed by atoms with E-state index in [-0.39, 0.29) is 29.2 Å². The van der Waals surface area contributed by atoms with Crippen LogP contribution in [0.2, 0.25) is 5.02 Å². The molecule has 0 spiro atoms. The third-order valence-corrected chi connectivity index (χ3v) is 7.25. The first-order valence-electron chi connectivity index (χ1n) is 9.65. The van der Waals surface area contributed by atoms with Crippen molar-refractivity contribution in [3.63, 3.8) is 0 Å². The van der Waals surface area contributed by atoms with E-state index in [9.17, 15) is 23.1 Å². The highest BCUT2D eigenvalue weighted by molar-refractivity contribution is 7.89. The molecule has 170 valence electrons. The van der Waals surface area contributed by atoms with Crippen molar-refractivity contribution in [3.05, 3.63) is 70.3 Å². The second-order valence-electron chi connectivity index (χ2n) is 7.35. The van der Waals surface area contributed by atoms with E-state index >= 15 is 0 Å². The van der Waals surface area contributed by atoms with E-state index in [0.29, 0.717) is 10.6 Å². The minimum Gasteiger partial charge on any atom is -0.507 e. The van der Waals surface area contributed by atoms with Crippen molar-refractivity contribution in [2.24, 2.45) is 0 Å². The fraction of sp³-hybridized carbons (Fsp3) is 0.273. The molecule has 0 aliphatic carbocycles. The van der Waals surface area contributed by atoms with Gasteiger partial charge in [0, 0.05) is 38.3 Å². The molecule has 0 radical (unpaired) electrons. The summed E-state index contributed by atoms with van der Waals surface area (Å²) in [5.74, 6) is -1.98. The average molecular weight is 479 g/mol. The maximum Gasteiger partial charge on any atom is 0.295 e. The first kappa shape index (κ1) is 23.9. The number of hydrogen-bond acceptors (Lipinski definition) is 6. The standard InChI is InChI=1S/C22H23ClN2O6S/c1-24(2)32(29,30)17-10-6-15(7-11-17)20(26)18-19(14-4-8-16(23)9-5-14)25(12-13-31-3)22(28)21(18)27/h4-11,19,26H,12-13H2,1-3H3/t19-/m0/s1. The fourth-order valence-corrected chi connectivity index (χ4v) is 4.47. The van der Waals surface area contributed by atoms with Crippen molar-refractivity contribution in [2.75, 3.05) is 34.4 Å². The molecule has 1 amide bonds. The Bertz CT molecular complexity index is 1160. The monoisotopic (exact) mass is 478 g/mol. The van der Waals surface area contributed by atoms with E-state index in [1.165, 1.54) is 50.4 Å². The van der Waals surface area contributed by atoms with Crippen LogP contribution in [0, 0.1) is 0 Å². The number of Topliss-reactive ketones (excluding diaryl/α,β-unsaturated/α-hetero) is 1. The van der Waals surface area contributed by atoms with Gasteiger partial charge < -0.3 is 14.7 Å². The van der Waals surface area contributed by atoms with E-state index in [0.717, 1.165) is 4.31 Å². The van der Waals surface area contributed by atoms with Crippen LogP contribution in [-0.2, 0) is 24.3 Å². The summed E-state index contributed by atoms with van der Waals surface area (Å²) in [6.07, 6.45) is 0. The van der Waals surface area contributed by atoms with Crippen LogP contribution in [0.4, 0.5) is 0 Å². The quantitative estimate of drug-likeness (QED) is 0.372.